The van der Waals surface area contributed by atoms with Crippen molar-refractivity contribution in [3.8, 4) is 0 Å². The van der Waals surface area contributed by atoms with Crippen LogP contribution in [0.15, 0.2) is 0 Å². The van der Waals surface area contributed by atoms with E-state index in [9.17, 15) is 26.3 Å². The van der Waals surface area contributed by atoms with E-state index in [1.807, 2.05) is 27.7 Å². The zero-order valence-electron chi connectivity index (χ0n) is 19.4. The number of hydrogen-bond acceptors (Lipinski definition) is 0. The molecular weight excluding hydrogens is 469 g/mol. The molecule has 31 heavy (non-hydrogen) atoms. The minimum Gasteiger partial charge on any atom is -0.660 e. The van der Waals surface area contributed by atoms with Crippen LogP contribution in [-0.4, -0.2) is 62.7 Å². The van der Waals surface area contributed by atoms with Crippen LogP contribution in [0.4, 0.5) is 26.3 Å². The maximum atomic E-state index is 12.5. The molecule has 0 bridgehead atoms. The zero-order valence-corrected chi connectivity index (χ0v) is 20.4. The quantitative estimate of drug-likeness (QED) is 0.216. The molecule has 4 nitrogen and oxygen atoms in total. The Kier molecular flexibility index (Phi) is 22.2. The maximum absolute atomic E-state index is 12.5. The Morgan fingerprint density at radius 1 is 0.516 bits per heavy atom. The smallest absolute Gasteiger partial charge is 0.373 e. The minimum atomic E-state index is -4.23. The molecule has 0 aliphatic rings. The van der Waals surface area contributed by atoms with Gasteiger partial charge in [-0.1, -0.05) is 67.2 Å². The number of nitrogens with zero attached hydrogens (tertiary/aromatic N) is 4. The summed E-state index contributed by atoms with van der Waals surface area (Å²) in [6.45, 7) is 12.1. The first kappa shape index (κ1) is 35.5. The van der Waals surface area contributed by atoms with Gasteiger partial charge in [0.05, 0.1) is 0 Å². The Bertz CT molecular complexity index is 361. The van der Waals surface area contributed by atoms with Gasteiger partial charge in [-0.2, -0.15) is 52.5 Å². The molecule has 0 aromatic carbocycles. The SMILES string of the molecule is CC[N-]C(CC)CC([N-]CC)C(F)(F)F.CC[N-]C(CC)CC([N-]CC)C(F)(F)F.[Co]. The largest absolute Gasteiger partial charge is 0.660 e. The van der Waals surface area contributed by atoms with Crippen molar-refractivity contribution in [3.63, 3.8) is 0 Å². The second-order valence-corrected chi connectivity index (χ2v) is 6.71. The third-order valence-electron chi connectivity index (χ3n) is 4.38. The summed E-state index contributed by atoms with van der Waals surface area (Å²) in [6.07, 6.45) is -7.21. The topological polar surface area (TPSA) is 56.4 Å². The van der Waals surface area contributed by atoms with Crippen molar-refractivity contribution in [2.45, 2.75) is 104 Å². The number of alkyl halides is 6. The molecule has 0 aliphatic heterocycles. The van der Waals surface area contributed by atoms with Crippen molar-refractivity contribution < 1.29 is 43.1 Å². The number of halogens is 6. The molecule has 4 atom stereocenters. The predicted molar refractivity (Wildman–Crippen MR) is 113 cm³/mol. The fraction of sp³-hybridized carbons (Fsp3) is 1.00. The van der Waals surface area contributed by atoms with E-state index in [1.54, 1.807) is 13.8 Å². The third-order valence-corrected chi connectivity index (χ3v) is 4.38. The molecule has 11 heteroatoms. The van der Waals surface area contributed by atoms with Gasteiger partial charge in [0.1, 0.15) is 0 Å². The Labute approximate surface area is 194 Å². The van der Waals surface area contributed by atoms with Crippen LogP contribution in [0.2, 0.25) is 0 Å². The third kappa shape index (κ3) is 18.1. The van der Waals surface area contributed by atoms with E-state index in [1.165, 1.54) is 0 Å². The first-order valence-corrected chi connectivity index (χ1v) is 10.7. The van der Waals surface area contributed by atoms with Crippen LogP contribution in [0, 0.1) is 0 Å². The molecule has 0 N–H and O–H groups in total. The fourth-order valence-electron chi connectivity index (χ4n) is 2.84. The molecule has 0 spiro atoms. The molecular formula is C20H38CoF6N4-4. The Hall–Kier alpha value is -0.0735. The normalized spacial score (nSPS) is 15.9. The second kappa shape index (κ2) is 19.4. The fourth-order valence-corrected chi connectivity index (χ4v) is 2.84. The van der Waals surface area contributed by atoms with E-state index in [4.69, 9.17) is 0 Å². The van der Waals surface area contributed by atoms with E-state index in [-0.39, 0.29) is 54.8 Å². The predicted octanol–water partition coefficient (Wildman–Crippen LogP) is 7.74. The van der Waals surface area contributed by atoms with E-state index in [2.05, 4.69) is 21.3 Å². The first-order valence-electron chi connectivity index (χ1n) is 10.7. The monoisotopic (exact) mass is 507 g/mol. The summed E-state index contributed by atoms with van der Waals surface area (Å²) in [7, 11) is 0. The van der Waals surface area contributed by atoms with Gasteiger partial charge in [0.2, 0.25) is 0 Å². The molecule has 193 valence electrons. The van der Waals surface area contributed by atoms with Gasteiger partial charge in [-0.25, -0.2) is 0 Å². The summed E-state index contributed by atoms with van der Waals surface area (Å²) < 4.78 is 75.1. The maximum Gasteiger partial charge on any atom is 0.373 e. The summed E-state index contributed by atoms with van der Waals surface area (Å²) in [5.74, 6) is 0. The second-order valence-electron chi connectivity index (χ2n) is 6.71. The van der Waals surface area contributed by atoms with E-state index < -0.39 is 24.4 Å². The van der Waals surface area contributed by atoms with Crippen molar-refractivity contribution in [3.05, 3.63) is 21.3 Å². The minimum absolute atomic E-state index is 0. The van der Waals surface area contributed by atoms with Gasteiger partial charge in [-0.15, -0.1) is 12.1 Å². The molecule has 0 aromatic rings. The van der Waals surface area contributed by atoms with E-state index >= 15 is 0 Å². The van der Waals surface area contributed by atoms with Crippen LogP contribution in [0.25, 0.3) is 21.3 Å². The molecule has 0 aliphatic carbocycles. The molecule has 0 rings (SSSR count). The number of hydrogen-bond donors (Lipinski definition) is 0. The van der Waals surface area contributed by atoms with Crippen LogP contribution in [0.3, 0.4) is 0 Å². The molecule has 0 amide bonds. The van der Waals surface area contributed by atoms with E-state index in [0.717, 1.165) is 0 Å². The average molecular weight is 507 g/mol. The Balaban J connectivity index is -0.000000490. The number of rotatable bonds is 14. The van der Waals surface area contributed by atoms with Gasteiger partial charge in [0, 0.05) is 16.8 Å². The molecule has 0 heterocycles. The Morgan fingerprint density at radius 3 is 0.935 bits per heavy atom. The standard InChI is InChI=1S/2C10H19F3N2.Co/c2*1-4-8(14-5-2)7-9(15-6-3)10(11,12)13;/h2*8-9H,4-7H2,1-3H3;/q2*-2;. The van der Waals surface area contributed by atoms with Crippen LogP contribution >= 0.6 is 0 Å². The van der Waals surface area contributed by atoms with Gasteiger partial charge in [-0.3, -0.25) is 0 Å². The first-order chi connectivity index (χ1) is 13.9. The summed E-state index contributed by atoms with van der Waals surface area (Å²) >= 11 is 0. The molecule has 0 saturated heterocycles. The van der Waals surface area contributed by atoms with Crippen LogP contribution in [0.5, 0.6) is 0 Å². The van der Waals surface area contributed by atoms with Crippen molar-refractivity contribution >= 4 is 0 Å². The van der Waals surface area contributed by atoms with Gasteiger partial charge in [0.15, 0.2) is 0 Å². The molecule has 0 saturated carbocycles. The summed E-state index contributed by atoms with van der Waals surface area (Å²) in [4.78, 5) is 0. The van der Waals surface area contributed by atoms with Gasteiger partial charge in [-0.05, 0) is 12.1 Å². The average Bonchev–Trinajstić information content (AvgIpc) is 2.65. The molecule has 1 radical (unpaired) electrons. The summed E-state index contributed by atoms with van der Waals surface area (Å²) in [6, 6.07) is -3.56. The summed E-state index contributed by atoms with van der Waals surface area (Å²) in [5, 5.41) is 15.4. The van der Waals surface area contributed by atoms with Crippen molar-refractivity contribution in [1.82, 2.24) is 0 Å². The van der Waals surface area contributed by atoms with Gasteiger partial charge >= 0.3 is 12.4 Å². The van der Waals surface area contributed by atoms with Crippen molar-refractivity contribution in [2.24, 2.45) is 0 Å². The molecule has 0 fully saturated rings. The van der Waals surface area contributed by atoms with Crippen LogP contribution < -0.4 is 0 Å². The van der Waals surface area contributed by atoms with Gasteiger partial charge in [0.25, 0.3) is 0 Å². The molecule has 4 unspecified atom stereocenters. The van der Waals surface area contributed by atoms with Crippen LogP contribution in [-0.2, 0) is 16.8 Å². The zero-order chi connectivity index (χ0) is 23.8. The van der Waals surface area contributed by atoms with Gasteiger partial charge < -0.3 is 21.3 Å². The summed E-state index contributed by atoms with van der Waals surface area (Å²) in [5.41, 5.74) is 0. The Morgan fingerprint density at radius 2 is 0.774 bits per heavy atom. The van der Waals surface area contributed by atoms with Crippen molar-refractivity contribution in [2.75, 3.05) is 26.2 Å². The molecule has 0 aromatic heterocycles. The van der Waals surface area contributed by atoms with Crippen molar-refractivity contribution in [1.29, 1.82) is 0 Å². The van der Waals surface area contributed by atoms with Crippen LogP contribution in [0.1, 0.15) is 67.2 Å². The van der Waals surface area contributed by atoms with E-state index in [0.29, 0.717) is 25.9 Å².